The number of rotatable bonds is 4. The van der Waals surface area contributed by atoms with E-state index in [-0.39, 0.29) is 12.5 Å². The van der Waals surface area contributed by atoms with E-state index in [4.69, 9.17) is 0 Å². The van der Waals surface area contributed by atoms with Crippen molar-refractivity contribution in [3.05, 3.63) is 22.4 Å². The third-order valence-electron chi connectivity index (χ3n) is 3.22. The summed E-state index contributed by atoms with van der Waals surface area (Å²) in [4.78, 5) is 2.16. The van der Waals surface area contributed by atoms with Crippen molar-refractivity contribution in [3.63, 3.8) is 0 Å². The average Bonchev–Trinajstić information content (AvgIpc) is 2.83. The topological polar surface area (TPSA) is 15.3 Å². The summed E-state index contributed by atoms with van der Waals surface area (Å²) in [7, 11) is 0. The van der Waals surface area contributed by atoms with Crippen LogP contribution < -0.4 is 5.32 Å². The number of piperazine rings is 1. The molecule has 1 aromatic rings. The van der Waals surface area contributed by atoms with Crippen LogP contribution in [0.1, 0.15) is 24.4 Å². The molecule has 0 aromatic carbocycles. The highest BCUT2D eigenvalue weighted by Crippen LogP contribution is 2.32. The molecule has 1 aliphatic rings. The number of nitrogens with one attached hydrogen (secondary N) is 1. The van der Waals surface area contributed by atoms with Gasteiger partial charge in [-0.25, -0.2) is 0 Å². The molecule has 6 heteroatoms. The Morgan fingerprint density at radius 3 is 2.61 bits per heavy atom. The summed E-state index contributed by atoms with van der Waals surface area (Å²) < 4.78 is 37.2. The van der Waals surface area contributed by atoms with Crippen molar-refractivity contribution in [1.82, 2.24) is 10.2 Å². The molecule has 0 unspecified atom stereocenters. The number of alkyl halides is 3. The molecule has 1 saturated heterocycles. The largest absolute Gasteiger partial charge is 0.389 e. The first-order chi connectivity index (χ1) is 8.56. The number of hydrogen-bond donors (Lipinski definition) is 1. The summed E-state index contributed by atoms with van der Waals surface area (Å²) >= 11 is 1.54. The van der Waals surface area contributed by atoms with E-state index in [0.717, 1.165) is 31.7 Å². The van der Waals surface area contributed by atoms with Crippen molar-refractivity contribution in [3.8, 4) is 0 Å². The molecule has 0 spiro atoms. The summed E-state index contributed by atoms with van der Waals surface area (Å²) in [6.45, 7) is 3.34. The third kappa shape index (κ3) is 3.96. The lowest BCUT2D eigenvalue weighted by Crippen LogP contribution is -2.45. The third-order valence-corrected chi connectivity index (χ3v) is 3.92. The Kier molecular flexibility index (Phi) is 4.64. The highest BCUT2D eigenvalue weighted by molar-refractivity contribution is 7.07. The Morgan fingerprint density at radius 1 is 1.33 bits per heavy atom. The fourth-order valence-corrected chi connectivity index (χ4v) is 3.03. The maximum Gasteiger partial charge on any atom is 0.389 e. The van der Waals surface area contributed by atoms with Gasteiger partial charge in [-0.3, -0.25) is 4.90 Å². The molecule has 0 saturated carbocycles. The number of halogens is 3. The molecule has 102 valence electrons. The van der Waals surface area contributed by atoms with Gasteiger partial charge < -0.3 is 5.32 Å². The summed E-state index contributed by atoms with van der Waals surface area (Å²) in [5, 5.41) is 7.12. The average molecular weight is 278 g/mol. The van der Waals surface area contributed by atoms with E-state index in [2.05, 4.69) is 10.2 Å². The van der Waals surface area contributed by atoms with E-state index in [0.29, 0.717) is 0 Å². The summed E-state index contributed by atoms with van der Waals surface area (Å²) in [6, 6.07) is 1.84. The zero-order chi connectivity index (χ0) is 13.0. The van der Waals surface area contributed by atoms with Gasteiger partial charge in [0.2, 0.25) is 0 Å². The van der Waals surface area contributed by atoms with E-state index in [1.54, 1.807) is 11.3 Å². The van der Waals surface area contributed by atoms with Crippen LogP contribution in [0, 0.1) is 0 Å². The molecule has 0 aliphatic carbocycles. The second-order valence-corrected chi connectivity index (χ2v) is 5.29. The monoisotopic (exact) mass is 278 g/mol. The quantitative estimate of drug-likeness (QED) is 0.910. The predicted molar refractivity (Wildman–Crippen MR) is 66.8 cm³/mol. The Balaban J connectivity index is 2.03. The fourth-order valence-electron chi connectivity index (χ4n) is 2.32. The first-order valence-electron chi connectivity index (χ1n) is 6.10. The number of thiophene rings is 1. The van der Waals surface area contributed by atoms with Crippen LogP contribution in [0.25, 0.3) is 0 Å². The van der Waals surface area contributed by atoms with Gasteiger partial charge in [0.05, 0.1) is 0 Å². The van der Waals surface area contributed by atoms with Crippen molar-refractivity contribution in [2.75, 3.05) is 26.2 Å². The van der Waals surface area contributed by atoms with E-state index in [1.165, 1.54) is 0 Å². The van der Waals surface area contributed by atoms with Crippen molar-refractivity contribution in [2.24, 2.45) is 0 Å². The first-order valence-corrected chi connectivity index (χ1v) is 7.04. The van der Waals surface area contributed by atoms with Crippen molar-refractivity contribution in [1.29, 1.82) is 0 Å². The van der Waals surface area contributed by atoms with Gasteiger partial charge in [0.25, 0.3) is 0 Å². The second-order valence-electron chi connectivity index (χ2n) is 4.51. The lowest BCUT2D eigenvalue weighted by atomic mass is 10.0. The summed E-state index contributed by atoms with van der Waals surface area (Å²) in [5.41, 5.74) is 1.02. The second kappa shape index (κ2) is 6.04. The van der Waals surface area contributed by atoms with Crippen LogP contribution in [0.15, 0.2) is 16.8 Å². The summed E-state index contributed by atoms with van der Waals surface area (Å²) in [5.74, 6) is 0. The Hall–Kier alpha value is -0.590. The minimum absolute atomic E-state index is 0.0972. The van der Waals surface area contributed by atoms with Crippen LogP contribution in [0.3, 0.4) is 0 Å². The Bertz CT molecular complexity index is 345. The molecule has 0 amide bonds. The standard InChI is InChI=1S/C12H17F3N2S/c13-12(14,15)3-1-11(10-2-8-18-9-10)17-6-4-16-5-7-17/h2,8-9,11,16H,1,3-7H2/t11-/m1/s1. The van der Waals surface area contributed by atoms with Gasteiger partial charge >= 0.3 is 6.18 Å². The van der Waals surface area contributed by atoms with Gasteiger partial charge in [0.15, 0.2) is 0 Å². The van der Waals surface area contributed by atoms with Crippen molar-refractivity contribution in [2.45, 2.75) is 25.1 Å². The van der Waals surface area contributed by atoms with Crippen LogP contribution in [0.5, 0.6) is 0 Å². The highest BCUT2D eigenvalue weighted by atomic mass is 32.1. The van der Waals surface area contributed by atoms with Crippen molar-refractivity contribution < 1.29 is 13.2 Å². The number of nitrogens with zero attached hydrogens (tertiary/aromatic N) is 1. The molecule has 2 heterocycles. The minimum atomic E-state index is -4.07. The van der Waals surface area contributed by atoms with Crippen LogP contribution in [0.4, 0.5) is 13.2 Å². The van der Waals surface area contributed by atoms with Gasteiger partial charge in [-0.15, -0.1) is 0 Å². The fraction of sp³-hybridized carbons (Fsp3) is 0.667. The van der Waals surface area contributed by atoms with Gasteiger partial charge in [-0.1, -0.05) is 0 Å². The van der Waals surface area contributed by atoms with Gasteiger partial charge in [-0.05, 0) is 28.8 Å². The Labute approximate surface area is 109 Å². The predicted octanol–water partition coefficient (Wildman–Crippen LogP) is 3.04. The van der Waals surface area contributed by atoms with Gasteiger partial charge in [-0.2, -0.15) is 24.5 Å². The van der Waals surface area contributed by atoms with E-state index >= 15 is 0 Å². The van der Waals surface area contributed by atoms with Crippen LogP contribution in [-0.2, 0) is 0 Å². The smallest absolute Gasteiger partial charge is 0.314 e. The zero-order valence-corrected chi connectivity index (χ0v) is 10.9. The van der Waals surface area contributed by atoms with Gasteiger partial charge in [0.1, 0.15) is 0 Å². The van der Waals surface area contributed by atoms with Crippen molar-refractivity contribution >= 4 is 11.3 Å². The Morgan fingerprint density at radius 2 is 2.06 bits per heavy atom. The van der Waals surface area contributed by atoms with E-state index in [1.807, 2.05) is 16.8 Å². The van der Waals surface area contributed by atoms with E-state index < -0.39 is 12.6 Å². The molecule has 1 atom stereocenters. The molecule has 1 fully saturated rings. The molecule has 2 rings (SSSR count). The van der Waals surface area contributed by atoms with E-state index in [9.17, 15) is 13.2 Å². The van der Waals surface area contributed by atoms with Crippen LogP contribution in [-0.4, -0.2) is 37.3 Å². The molecule has 1 aromatic heterocycles. The maximum absolute atomic E-state index is 12.4. The lowest BCUT2D eigenvalue weighted by molar-refractivity contribution is -0.138. The lowest BCUT2D eigenvalue weighted by Gasteiger charge is -2.35. The minimum Gasteiger partial charge on any atom is -0.314 e. The highest BCUT2D eigenvalue weighted by Gasteiger charge is 2.31. The molecule has 1 N–H and O–H groups in total. The van der Waals surface area contributed by atoms with Crippen LogP contribution >= 0.6 is 11.3 Å². The number of hydrogen-bond acceptors (Lipinski definition) is 3. The first kappa shape index (κ1) is 13.8. The molecular weight excluding hydrogens is 261 g/mol. The molecule has 2 nitrogen and oxygen atoms in total. The molecule has 18 heavy (non-hydrogen) atoms. The van der Waals surface area contributed by atoms with Gasteiger partial charge in [0, 0.05) is 38.6 Å². The SMILES string of the molecule is FC(F)(F)CC[C@H](c1ccsc1)N1CCNCC1. The molecular formula is C12H17F3N2S. The summed E-state index contributed by atoms with van der Waals surface area (Å²) in [6.07, 6.45) is -4.63. The molecule has 1 aliphatic heterocycles. The normalized spacial score (nSPS) is 19.9. The molecule has 0 bridgehead atoms. The maximum atomic E-state index is 12.4. The molecule has 0 radical (unpaired) electrons. The zero-order valence-electron chi connectivity index (χ0n) is 10.0. The van der Waals surface area contributed by atoms with Crippen LogP contribution in [0.2, 0.25) is 0 Å².